The molecule has 5 aromatic rings. The molecular weight excluding hydrogens is 536 g/mol. The Kier molecular flexibility index (Phi) is 7.33. The number of ether oxygens (including phenoxy) is 1. The van der Waals surface area contributed by atoms with E-state index in [0.717, 1.165) is 22.9 Å². The molecule has 3 heterocycles. The first-order valence-corrected chi connectivity index (χ1v) is 14.7. The fourth-order valence-corrected chi connectivity index (χ4v) is 6.67. The van der Waals surface area contributed by atoms with Gasteiger partial charge in [-0.3, -0.25) is 4.98 Å². The summed E-state index contributed by atoms with van der Waals surface area (Å²) < 4.78 is 8.51. The van der Waals surface area contributed by atoms with E-state index >= 15 is 0 Å². The van der Waals surface area contributed by atoms with E-state index in [-0.39, 0.29) is 12.1 Å². The lowest BCUT2D eigenvalue weighted by atomic mass is 9.96. The lowest BCUT2D eigenvalue weighted by molar-refractivity contribution is 0.482. The number of thiocarbonyl (C=S) groups is 1. The van der Waals surface area contributed by atoms with E-state index in [4.69, 9.17) is 21.9 Å². The summed E-state index contributed by atoms with van der Waals surface area (Å²) in [6.45, 7) is 13.0. The van der Waals surface area contributed by atoms with Crippen LogP contribution < -0.4 is 15.0 Å². The summed E-state index contributed by atoms with van der Waals surface area (Å²) in [6.07, 6.45) is 1.85. The first-order valence-electron chi connectivity index (χ1n) is 14.3. The van der Waals surface area contributed by atoms with Gasteiger partial charge in [0, 0.05) is 23.3 Å². The van der Waals surface area contributed by atoms with Gasteiger partial charge in [0.25, 0.3) is 0 Å². The average Bonchev–Trinajstić information content (AvgIpc) is 3.45. The van der Waals surface area contributed by atoms with Crippen molar-refractivity contribution >= 4 is 23.0 Å². The number of aromatic nitrogens is 2. The Morgan fingerprint density at radius 1 is 0.762 bits per heavy atom. The van der Waals surface area contributed by atoms with Crippen LogP contribution in [-0.4, -0.2) is 14.7 Å². The van der Waals surface area contributed by atoms with Crippen molar-refractivity contribution in [3.63, 3.8) is 0 Å². The Balaban J connectivity index is 1.43. The van der Waals surface area contributed by atoms with Gasteiger partial charge in [-0.15, -0.1) is 0 Å². The zero-order chi connectivity index (χ0) is 29.5. The zero-order valence-corrected chi connectivity index (χ0v) is 25.8. The molecule has 0 spiro atoms. The highest BCUT2D eigenvalue weighted by atomic mass is 32.1. The zero-order valence-electron chi connectivity index (χ0n) is 25.0. The van der Waals surface area contributed by atoms with Crippen LogP contribution in [0.4, 0.5) is 5.69 Å². The Morgan fingerprint density at radius 3 is 2.02 bits per heavy atom. The van der Waals surface area contributed by atoms with Crippen molar-refractivity contribution in [2.45, 2.75) is 53.6 Å². The number of aryl methyl sites for hydroxylation is 5. The average molecular weight is 573 g/mol. The largest absolute Gasteiger partial charge is 0.457 e. The van der Waals surface area contributed by atoms with E-state index in [0.29, 0.717) is 5.11 Å². The summed E-state index contributed by atoms with van der Waals surface area (Å²) in [5.74, 6) is 1.59. The van der Waals surface area contributed by atoms with Crippen LogP contribution in [0.3, 0.4) is 0 Å². The molecule has 0 bridgehead atoms. The molecule has 2 atom stereocenters. The third kappa shape index (κ3) is 5.07. The van der Waals surface area contributed by atoms with Crippen molar-refractivity contribution in [3.8, 4) is 17.2 Å². The molecule has 1 fully saturated rings. The first kappa shape index (κ1) is 27.7. The molecule has 2 aromatic heterocycles. The molecule has 212 valence electrons. The van der Waals surface area contributed by atoms with Crippen molar-refractivity contribution < 1.29 is 4.74 Å². The van der Waals surface area contributed by atoms with Crippen LogP contribution in [0.2, 0.25) is 0 Å². The molecule has 0 amide bonds. The van der Waals surface area contributed by atoms with E-state index in [2.05, 4.69) is 105 Å². The number of nitrogens with zero attached hydrogens (tertiary/aromatic N) is 3. The molecule has 0 aliphatic carbocycles. The van der Waals surface area contributed by atoms with Gasteiger partial charge in [0.2, 0.25) is 0 Å². The second kappa shape index (κ2) is 11.1. The molecule has 5 nitrogen and oxygen atoms in total. The van der Waals surface area contributed by atoms with E-state index in [1.807, 2.05) is 42.6 Å². The minimum atomic E-state index is -0.114. The number of hydrogen-bond acceptors (Lipinski definition) is 3. The third-order valence-corrected chi connectivity index (χ3v) is 8.43. The molecule has 1 aliphatic heterocycles. The standard InChI is InChI=1S/C36H36N4OS/c1-22-10-14-29(15-11-22)41-30-16-12-28(13-17-30)40-35(33(38-36(40)42)32-9-7-8-18-37-32)31-21-26(5)39(27(31)6)34-24(3)19-23(2)20-25(34)4/h7-21,33,35H,1-6H3,(H,38,42)/t33-,35-/m1/s1. The van der Waals surface area contributed by atoms with Crippen molar-refractivity contribution in [2.24, 2.45) is 0 Å². The number of hydrogen-bond donors (Lipinski definition) is 1. The van der Waals surface area contributed by atoms with Gasteiger partial charge in [-0.05, 0) is 125 Å². The molecule has 1 N–H and O–H groups in total. The van der Waals surface area contributed by atoms with Gasteiger partial charge in [-0.1, -0.05) is 41.5 Å². The minimum Gasteiger partial charge on any atom is -0.457 e. The Hall–Kier alpha value is -4.42. The van der Waals surface area contributed by atoms with Crippen LogP contribution in [0.25, 0.3) is 5.69 Å². The van der Waals surface area contributed by atoms with Crippen molar-refractivity contribution in [3.05, 3.63) is 136 Å². The smallest absolute Gasteiger partial charge is 0.174 e. The molecule has 3 aromatic carbocycles. The van der Waals surface area contributed by atoms with Gasteiger partial charge in [0.15, 0.2) is 5.11 Å². The maximum absolute atomic E-state index is 6.12. The number of nitrogens with one attached hydrogen (secondary N) is 1. The van der Waals surface area contributed by atoms with Gasteiger partial charge in [-0.2, -0.15) is 0 Å². The second-order valence-corrected chi connectivity index (χ2v) is 11.7. The maximum atomic E-state index is 6.12. The summed E-state index contributed by atoms with van der Waals surface area (Å²) in [5.41, 5.74) is 11.8. The normalized spacial score (nSPS) is 16.5. The highest BCUT2D eigenvalue weighted by Gasteiger charge is 2.42. The van der Waals surface area contributed by atoms with Gasteiger partial charge in [0.05, 0.1) is 23.5 Å². The molecule has 6 rings (SSSR count). The lowest BCUT2D eigenvalue weighted by Crippen LogP contribution is -2.29. The summed E-state index contributed by atoms with van der Waals surface area (Å²) in [6, 6.07) is 28.9. The molecule has 6 heteroatoms. The number of rotatable bonds is 6. The number of anilines is 1. The van der Waals surface area contributed by atoms with Crippen molar-refractivity contribution in [2.75, 3.05) is 4.90 Å². The molecule has 0 saturated carbocycles. The van der Waals surface area contributed by atoms with Crippen LogP contribution in [0.1, 0.15) is 57.0 Å². The SMILES string of the molecule is Cc1ccc(Oc2ccc(N3C(=S)N[C@H](c4ccccn4)[C@H]3c3cc(C)n(-c4c(C)cc(C)cc4C)c3C)cc2)cc1. The lowest BCUT2D eigenvalue weighted by Gasteiger charge is -2.28. The Labute approximate surface area is 253 Å². The van der Waals surface area contributed by atoms with Gasteiger partial charge >= 0.3 is 0 Å². The fraction of sp³-hybridized carbons (Fsp3) is 0.222. The van der Waals surface area contributed by atoms with E-state index in [1.54, 1.807) is 0 Å². The van der Waals surface area contributed by atoms with E-state index in [9.17, 15) is 0 Å². The van der Waals surface area contributed by atoms with Crippen LogP contribution in [0, 0.1) is 41.5 Å². The molecule has 0 radical (unpaired) electrons. The quantitative estimate of drug-likeness (QED) is 0.206. The van der Waals surface area contributed by atoms with Crippen LogP contribution in [0.5, 0.6) is 11.5 Å². The summed E-state index contributed by atoms with van der Waals surface area (Å²) in [5, 5.41) is 4.28. The van der Waals surface area contributed by atoms with Crippen LogP contribution in [0.15, 0.2) is 91.1 Å². The molecule has 0 unspecified atom stereocenters. The summed E-state index contributed by atoms with van der Waals surface area (Å²) in [4.78, 5) is 6.97. The fourth-order valence-electron chi connectivity index (χ4n) is 6.32. The topological polar surface area (TPSA) is 42.3 Å². The van der Waals surface area contributed by atoms with E-state index in [1.165, 1.54) is 44.9 Å². The third-order valence-electron chi connectivity index (χ3n) is 8.12. The molecular formula is C36H36N4OS. The Morgan fingerprint density at radius 2 is 1.40 bits per heavy atom. The van der Waals surface area contributed by atoms with Crippen molar-refractivity contribution in [1.82, 2.24) is 14.9 Å². The molecule has 1 aliphatic rings. The predicted octanol–water partition coefficient (Wildman–Crippen LogP) is 8.69. The Bertz CT molecular complexity index is 1730. The minimum absolute atomic E-state index is 0.0951. The highest BCUT2D eigenvalue weighted by Crippen LogP contribution is 2.44. The molecule has 42 heavy (non-hydrogen) atoms. The summed E-state index contributed by atoms with van der Waals surface area (Å²) in [7, 11) is 0. The number of pyridine rings is 1. The number of benzene rings is 3. The maximum Gasteiger partial charge on any atom is 0.174 e. The highest BCUT2D eigenvalue weighted by molar-refractivity contribution is 7.80. The van der Waals surface area contributed by atoms with Gasteiger partial charge < -0.3 is 19.5 Å². The van der Waals surface area contributed by atoms with Crippen molar-refractivity contribution in [1.29, 1.82) is 0 Å². The summed E-state index contributed by atoms with van der Waals surface area (Å²) >= 11 is 6.01. The predicted molar refractivity (Wildman–Crippen MR) is 175 cm³/mol. The van der Waals surface area contributed by atoms with Crippen LogP contribution in [-0.2, 0) is 0 Å². The van der Waals surface area contributed by atoms with Crippen LogP contribution >= 0.6 is 12.2 Å². The van der Waals surface area contributed by atoms with E-state index < -0.39 is 0 Å². The van der Waals surface area contributed by atoms with Gasteiger partial charge in [0.1, 0.15) is 11.5 Å². The first-order chi connectivity index (χ1) is 20.2. The van der Waals surface area contributed by atoms with Gasteiger partial charge in [-0.25, -0.2) is 0 Å². The molecule has 1 saturated heterocycles. The second-order valence-electron chi connectivity index (χ2n) is 11.3. The monoisotopic (exact) mass is 572 g/mol.